The lowest BCUT2D eigenvalue weighted by Gasteiger charge is -2.36. The Morgan fingerprint density at radius 3 is 2.72 bits per heavy atom. The van der Waals surface area contributed by atoms with Gasteiger partial charge < -0.3 is 15.0 Å². The molecule has 0 bridgehead atoms. The normalized spacial score (nSPS) is 19.1. The molecule has 1 aromatic carbocycles. The number of pyridine rings is 1. The number of rotatable bonds is 8. The molecule has 1 aromatic heterocycles. The third-order valence-electron chi connectivity index (χ3n) is 5.86. The highest BCUT2D eigenvalue weighted by molar-refractivity contribution is 5.61. The van der Waals surface area contributed by atoms with Gasteiger partial charge in [0.2, 0.25) is 0 Å². The van der Waals surface area contributed by atoms with Crippen LogP contribution in [0, 0.1) is 11.6 Å². The van der Waals surface area contributed by atoms with Crippen molar-refractivity contribution in [2.75, 3.05) is 74.8 Å². The van der Waals surface area contributed by atoms with Crippen LogP contribution in [-0.2, 0) is 4.74 Å². The second-order valence-corrected chi connectivity index (χ2v) is 7.81. The molecule has 4 rings (SSSR count). The largest absolute Gasteiger partial charge is 0.386 e. The molecule has 10 heteroatoms. The van der Waals surface area contributed by atoms with Crippen molar-refractivity contribution in [1.29, 1.82) is 0 Å². The molecule has 0 saturated carbocycles. The number of anilines is 3. The first-order valence-electron chi connectivity index (χ1n) is 10.9. The Balaban J connectivity index is 1.41. The van der Waals surface area contributed by atoms with Crippen molar-refractivity contribution >= 4 is 17.1 Å². The van der Waals surface area contributed by atoms with E-state index in [-0.39, 0.29) is 24.0 Å². The number of hydrogen-bond donors (Lipinski definition) is 1. The van der Waals surface area contributed by atoms with Crippen molar-refractivity contribution in [1.82, 2.24) is 9.88 Å². The van der Waals surface area contributed by atoms with E-state index in [9.17, 15) is 8.78 Å². The number of nitrogens with one attached hydrogen (secondary N) is 1. The van der Waals surface area contributed by atoms with Crippen LogP contribution >= 0.6 is 0 Å². The summed E-state index contributed by atoms with van der Waals surface area (Å²) in [5, 5.41) is 12.3. The van der Waals surface area contributed by atoms with Crippen molar-refractivity contribution < 1.29 is 13.5 Å². The summed E-state index contributed by atoms with van der Waals surface area (Å²) in [4.78, 5) is 9.09. The van der Waals surface area contributed by atoms with Crippen molar-refractivity contribution in [2.24, 2.45) is 10.3 Å². The summed E-state index contributed by atoms with van der Waals surface area (Å²) in [6.45, 7) is 8.45. The highest BCUT2D eigenvalue weighted by atomic mass is 19.1. The topological polar surface area (TPSA) is 68.6 Å². The Bertz CT molecular complexity index is 950. The number of ether oxygens (including phenoxy) is 1. The van der Waals surface area contributed by atoms with Gasteiger partial charge in [-0.2, -0.15) is 5.11 Å². The second kappa shape index (κ2) is 10.2. The average molecular weight is 446 g/mol. The van der Waals surface area contributed by atoms with Gasteiger partial charge in [0.25, 0.3) is 0 Å². The smallest absolute Gasteiger partial charge is 0.174 e. The van der Waals surface area contributed by atoms with Gasteiger partial charge in [0.1, 0.15) is 11.7 Å². The molecule has 0 amide bonds. The predicted molar refractivity (Wildman–Crippen MR) is 120 cm³/mol. The summed E-state index contributed by atoms with van der Waals surface area (Å²) in [5.74, 6) is -1.35. The van der Waals surface area contributed by atoms with Crippen LogP contribution in [0.4, 0.5) is 25.8 Å². The molecule has 0 aliphatic carbocycles. The Morgan fingerprint density at radius 1 is 1.16 bits per heavy atom. The van der Waals surface area contributed by atoms with Crippen LogP contribution in [0.25, 0.3) is 0 Å². The van der Waals surface area contributed by atoms with Crippen LogP contribution in [0.2, 0.25) is 0 Å². The number of benzene rings is 1. The van der Waals surface area contributed by atoms with E-state index in [0.29, 0.717) is 0 Å². The van der Waals surface area contributed by atoms with Crippen molar-refractivity contribution in [3.63, 3.8) is 0 Å². The maximum absolute atomic E-state index is 14.7. The van der Waals surface area contributed by atoms with E-state index in [2.05, 4.69) is 30.4 Å². The molecule has 0 spiro atoms. The minimum absolute atomic E-state index is 0.199. The summed E-state index contributed by atoms with van der Waals surface area (Å²) in [6.07, 6.45) is 3.59. The first kappa shape index (κ1) is 22.3. The first-order valence-corrected chi connectivity index (χ1v) is 10.9. The summed E-state index contributed by atoms with van der Waals surface area (Å²) in [6, 6.07) is 4.30. The zero-order chi connectivity index (χ0) is 22.5. The fourth-order valence-electron chi connectivity index (χ4n) is 4.01. The number of aromatic nitrogens is 1. The molecule has 0 radical (unpaired) electrons. The minimum atomic E-state index is -0.679. The Kier molecular flexibility index (Phi) is 7.11. The standard InChI is InChI=1S/C22H29F2N7O/c1-3-32-11-10-29-6-8-30(9-7-29)17-12-16(13-26-14-17)20-15-31(28-27-20)22-18(23)4-5-19(25-2)21(22)24/h4-5,12-14,20,25H,3,6-11,15H2,1-2H3. The number of halogens is 2. The molecule has 8 nitrogen and oxygen atoms in total. The van der Waals surface area contributed by atoms with Gasteiger partial charge in [-0.3, -0.25) is 9.88 Å². The molecule has 2 aliphatic rings. The molecule has 3 heterocycles. The lowest BCUT2D eigenvalue weighted by atomic mass is 10.1. The summed E-state index contributed by atoms with van der Waals surface area (Å²) < 4.78 is 34.5. The van der Waals surface area contributed by atoms with E-state index in [1.807, 2.05) is 19.2 Å². The van der Waals surface area contributed by atoms with Gasteiger partial charge in [-0.15, -0.1) is 0 Å². The number of hydrogen-bond acceptors (Lipinski definition) is 8. The van der Waals surface area contributed by atoms with Crippen molar-refractivity contribution in [3.8, 4) is 0 Å². The van der Waals surface area contributed by atoms with Crippen LogP contribution < -0.4 is 15.2 Å². The molecule has 172 valence electrons. The summed E-state index contributed by atoms with van der Waals surface area (Å²) >= 11 is 0. The monoisotopic (exact) mass is 445 g/mol. The van der Waals surface area contributed by atoms with Crippen molar-refractivity contribution in [3.05, 3.63) is 47.8 Å². The van der Waals surface area contributed by atoms with Gasteiger partial charge >= 0.3 is 0 Å². The van der Waals surface area contributed by atoms with Gasteiger partial charge in [-0.05, 0) is 25.1 Å². The van der Waals surface area contributed by atoms with Crippen LogP contribution in [0.1, 0.15) is 18.5 Å². The highest BCUT2D eigenvalue weighted by Gasteiger charge is 2.28. The molecule has 1 N–H and O–H groups in total. The zero-order valence-electron chi connectivity index (χ0n) is 18.5. The fraction of sp³-hybridized carbons (Fsp3) is 0.500. The SMILES string of the molecule is CCOCCN1CCN(c2cncc(C3CN(c4c(F)ccc(NC)c4F)N=N3)c2)CC1. The van der Waals surface area contributed by atoms with Gasteiger partial charge in [0.05, 0.1) is 30.7 Å². The molecule has 2 aromatic rings. The molecule has 32 heavy (non-hydrogen) atoms. The molecular formula is C22H29F2N7O. The predicted octanol–water partition coefficient (Wildman–Crippen LogP) is 3.49. The summed E-state index contributed by atoms with van der Waals surface area (Å²) in [5.41, 5.74) is 1.91. The molecule has 1 atom stereocenters. The van der Waals surface area contributed by atoms with E-state index in [1.54, 1.807) is 13.2 Å². The van der Waals surface area contributed by atoms with E-state index in [0.717, 1.165) is 57.2 Å². The number of nitrogens with zero attached hydrogens (tertiary/aromatic N) is 6. The minimum Gasteiger partial charge on any atom is -0.386 e. The van der Waals surface area contributed by atoms with Crippen LogP contribution in [0.5, 0.6) is 0 Å². The van der Waals surface area contributed by atoms with Gasteiger partial charge in [0, 0.05) is 58.1 Å². The quantitative estimate of drug-likeness (QED) is 0.628. The number of piperazine rings is 1. The van der Waals surface area contributed by atoms with E-state index in [4.69, 9.17) is 4.74 Å². The Labute approximate surface area is 186 Å². The highest BCUT2D eigenvalue weighted by Crippen LogP contribution is 2.35. The Hall–Kier alpha value is -2.85. The Morgan fingerprint density at radius 2 is 1.97 bits per heavy atom. The maximum Gasteiger partial charge on any atom is 0.174 e. The van der Waals surface area contributed by atoms with Crippen molar-refractivity contribution in [2.45, 2.75) is 13.0 Å². The summed E-state index contributed by atoms with van der Waals surface area (Å²) in [7, 11) is 1.59. The second-order valence-electron chi connectivity index (χ2n) is 7.81. The van der Waals surface area contributed by atoms with E-state index in [1.165, 1.54) is 17.1 Å². The molecular weight excluding hydrogens is 416 g/mol. The van der Waals surface area contributed by atoms with Gasteiger partial charge in [0.15, 0.2) is 11.6 Å². The van der Waals surface area contributed by atoms with Gasteiger partial charge in [-0.25, -0.2) is 13.8 Å². The van der Waals surface area contributed by atoms with Gasteiger partial charge in [-0.1, -0.05) is 5.22 Å². The molecule has 1 fully saturated rings. The zero-order valence-corrected chi connectivity index (χ0v) is 18.5. The van der Waals surface area contributed by atoms with Crippen LogP contribution in [-0.4, -0.2) is 69.4 Å². The van der Waals surface area contributed by atoms with Crippen LogP contribution in [0.3, 0.4) is 0 Å². The lowest BCUT2D eigenvalue weighted by molar-refractivity contribution is 0.111. The molecule has 1 unspecified atom stereocenters. The first-order chi connectivity index (χ1) is 15.6. The molecule has 2 aliphatic heterocycles. The lowest BCUT2D eigenvalue weighted by Crippen LogP contribution is -2.47. The fourth-order valence-corrected chi connectivity index (χ4v) is 4.01. The maximum atomic E-state index is 14.7. The van der Waals surface area contributed by atoms with E-state index >= 15 is 0 Å². The third kappa shape index (κ3) is 4.81. The molecule has 1 saturated heterocycles. The third-order valence-corrected chi connectivity index (χ3v) is 5.86. The van der Waals surface area contributed by atoms with Crippen LogP contribution in [0.15, 0.2) is 40.9 Å². The van der Waals surface area contributed by atoms with E-state index < -0.39 is 11.6 Å². The average Bonchev–Trinajstić information content (AvgIpc) is 3.30.